The Balaban J connectivity index is 2.84. The zero-order valence-electron chi connectivity index (χ0n) is 11.6. The van der Waals surface area contributed by atoms with Crippen LogP contribution >= 0.6 is 0 Å². The molecule has 0 aliphatic rings. The molecule has 0 radical (unpaired) electrons. The molecule has 5 nitrogen and oxygen atoms in total. The van der Waals surface area contributed by atoms with Gasteiger partial charge in [0.2, 0.25) is 5.91 Å². The molecular formula is C15H19NO4. The lowest BCUT2D eigenvalue weighted by Crippen LogP contribution is -2.47. The highest BCUT2D eigenvalue weighted by atomic mass is 16.4. The number of ketones is 1. The van der Waals surface area contributed by atoms with E-state index >= 15 is 0 Å². The lowest BCUT2D eigenvalue weighted by Gasteiger charge is -2.20. The molecule has 0 unspecified atom stereocenters. The smallest absolute Gasteiger partial charge is 0.326 e. The van der Waals surface area contributed by atoms with Crippen molar-refractivity contribution in [3.05, 3.63) is 35.9 Å². The van der Waals surface area contributed by atoms with Crippen LogP contribution in [0, 0.1) is 5.92 Å². The van der Waals surface area contributed by atoms with Gasteiger partial charge in [0, 0.05) is 12.0 Å². The zero-order chi connectivity index (χ0) is 15.1. The second-order valence-corrected chi connectivity index (χ2v) is 4.65. The molecule has 1 aromatic carbocycles. The van der Waals surface area contributed by atoms with Crippen LogP contribution in [-0.2, 0) is 9.59 Å². The fourth-order valence-corrected chi connectivity index (χ4v) is 1.89. The SMILES string of the molecule is CCCC(=O)N[C@H](C(=O)O)[C@@H](C)C(=O)c1ccccc1. The van der Waals surface area contributed by atoms with E-state index in [2.05, 4.69) is 5.32 Å². The zero-order valence-corrected chi connectivity index (χ0v) is 11.6. The third kappa shape index (κ3) is 4.19. The Bertz CT molecular complexity index is 484. The first-order valence-corrected chi connectivity index (χ1v) is 6.58. The van der Waals surface area contributed by atoms with Crippen molar-refractivity contribution in [1.29, 1.82) is 0 Å². The quantitative estimate of drug-likeness (QED) is 0.745. The number of hydrogen-bond acceptors (Lipinski definition) is 3. The molecule has 0 heterocycles. The Hall–Kier alpha value is -2.17. The minimum atomic E-state index is -1.21. The summed E-state index contributed by atoms with van der Waals surface area (Å²) in [7, 11) is 0. The number of amides is 1. The van der Waals surface area contributed by atoms with Crippen LogP contribution in [0.4, 0.5) is 0 Å². The van der Waals surface area contributed by atoms with Gasteiger partial charge in [-0.2, -0.15) is 0 Å². The third-order valence-corrected chi connectivity index (χ3v) is 3.03. The van der Waals surface area contributed by atoms with Gasteiger partial charge >= 0.3 is 5.97 Å². The molecule has 0 spiro atoms. The van der Waals surface area contributed by atoms with Crippen molar-refractivity contribution < 1.29 is 19.5 Å². The summed E-state index contributed by atoms with van der Waals surface area (Å²) in [5, 5.41) is 11.6. The average molecular weight is 277 g/mol. The normalized spacial score (nSPS) is 13.3. The molecule has 0 bridgehead atoms. The van der Waals surface area contributed by atoms with E-state index in [9.17, 15) is 19.5 Å². The van der Waals surface area contributed by atoms with Crippen molar-refractivity contribution in [2.24, 2.45) is 5.92 Å². The van der Waals surface area contributed by atoms with E-state index in [-0.39, 0.29) is 18.1 Å². The van der Waals surface area contributed by atoms with Gasteiger partial charge in [0.25, 0.3) is 0 Å². The first kappa shape index (κ1) is 15.9. The van der Waals surface area contributed by atoms with E-state index in [1.165, 1.54) is 6.92 Å². The third-order valence-electron chi connectivity index (χ3n) is 3.03. The van der Waals surface area contributed by atoms with Crippen LogP contribution < -0.4 is 5.32 Å². The summed E-state index contributed by atoms with van der Waals surface area (Å²) >= 11 is 0. The summed E-state index contributed by atoms with van der Waals surface area (Å²) in [5.74, 6) is -2.68. The second kappa shape index (κ2) is 7.43. The minimum absolute atomic E-state index is 0.246. The van der Waals surface area contributed by atoms with Crippen LogP contribution in [0.15, 0.2) is 30.3 Å². The maximum Gasteiger partial charge on any atom is 0.326 e. The van der Waals surface area contributed by atoms with Crippen LogP contribution in [0.3, 0.4) is 0 Å². The molecule has 108 valence electrons. The van der Waals surface area contributed by atoms with Gasteiger partial charge in [0.15, 0.2) is 5.78 Å². The number of Topliss-reactive ketones (excluding diaryl/α,β-unsaturated/α-hetero) is 1. The minimum Gasteiger partial charge on any atom is -0.480 e. The number of carboxylic acids is 1. The van der Waals surface area contributed by atoms with Crippen LogP contribution in [0.25, 0.3) is 0 Å². The Morgan fingerprint density at radius 1 is 1.20 bits per heavy atom. The van der Waals surface area contributed by atoms with Crippen LogP contribution in [0.1, 0.15) is 37.0 Å². The van der Waals surface area contributed by atoms with Gasteiger partial charge < -0.3 is 10.4 Å². The Kier molecular flexibility index (Phi) is 5.90. The van der Waals surface area contributed by atoms with Gasteiger partial charge in [-0.3, -0.25) is 9.59 Å². The number of carbonyl (C=O) groups excluding carboxylic acids is 2. The first-order valence-electron chi connectivity index (χ1n) is 6.58. The highest BCUT2D eigenvalue weighted by molar-refractivity contribution is 6.01. The number of carboxylic acid groups (broad SMARTS) is 1. The number of aliphatic carboxylic acids is 1. The molecule has 1 amide bonds. The predicted octanol–water partition coefficient (Wildman–Crippen LogP) is 1.87. The maximum atomic E-state index is 12.2. The number of carbonyl (C=O) groups is 3. The predicted molar refractivity (Wildman–Crippen MR) is 74.4 cm³/mol. The van der Waals surface area contributed by atoms with Crippen LogP contribution in [0.2, 0.25) is 0 Å². The van der Waals surface area contributed by atoms with E-state index in [1.807, 2.05) is 6.92 Å². The largest absolute Gasteiger partial charge is 0.480 e. The standard InChI is InChI=1S/C15H19NO4/c1-3-7-12(17)16-13(15(19)20)10(2)14(18)11-8-5-4-6-9-11/h4-6,8-10,13H,3,7H2,1-2H3,(H,16,17)(H,19,20)/t10-,13+/m1/s1. The molecule has 2 N–H and O–H groups in total. The van der Waals surface area contributed by atoms with E-state index < -0.39 is 17.9 Å². The molecule has 1 aromatic rings. The molecular weight excluding hydrogens is 258 g/mol. The Labute approximate surface area is 118 Å². The van der Waals surface area contributed by atoms with Crippen molar-refractivity contribution >= 4 is 17.7 Å². The Morgan fingerprint density at radius 2 is 1.80 bits per heavy atom. The highest BCUT2D eigenvalue weighted by Gasteiger charge is 2.31. The summed E-state index contributed by atoms with van der Waals surface area (Å²) < 4.78 is 0. The Morgan fingerprint density at radius 3 is 2.30 bits per heavy atom. The number of benzene rings is 1. The van der Waals surface area contributed by atoms with Crippen molar-refractivity contribution in [1.82, 2.24) is 5.32 Å². The van der Waals surface area contributed by atoms with Gasteiger partial charge in [-0.15, -0.1) is 0 Å². The van der Waals surface area contributed by atoms with Crippen molar-refractivity contribution in [3.8, 4) is 0 Å². The van der Waals surface area contributed by atoms with E-state index in [0.29, 0.717) is 12.0 Å². The van der Waals surface area contributed by atoms with Gasteiger partial charge in [0.1, 0.15) is 6.04 Å². The summed E-state index contributed by atoms with van der Waals surface area (Å²) in [5.41, 5.74) is 0.441. The molecule has 0 aliphatic heterocycles. The van der Waals surface area contributed by atoms with E-state index in [1.54, 1.807) is 30.3 Å². The summed E-state index contributed by atoms with van der Waals surface area (Å²) in [4.78, 5) is 35.0. The highest BCUT2D eigenvalue weighted by Crippen LogP contribution is 2.13. The molecule has 0 fully saturated rings. The molecule has 0 saturated carbocycles. The fraction of sp³-hybridized carbons (Fsp3) is 0.400. The molecule has 0 aromatic heterocycles. The number of hydrogen-bond donors (Lipinski definition) is 2. The summed E-state index contributed by atoms with van der Waals surface area (Å²) in [6.07, 6.45) is 0.870. The van der Waals surface area contributed by atoms with E-state index in [4.69, 9.17) is 0 Å². The van der Waals surface area contributed by atoms with Crippen LogP contribution in [0.5, 0.6) is 0 Å². The molecule has 0 saturated heterocycles. The van der Waals surface area contributed by atoms with Gasteiger partial charge in [-0.25, -0.2) is 4.79 Å². The fourth-order valence-electron chi connectivity index (χ4n) is 1.89. The van der Waals surface area contributed by atoms with E-state index in [0.717, 1.165) is 0 Å². The number of rotatable bonds is 7. The monoisotopic (exact) mass is 277 g/mol. The lowest BCUT2D eigenvalue weighted by molar-refractivity contribution is -0.142. The topological polar surface area (TPSA) is 83.5 Å². The van der Waals surface area contributed by atoms with Crippen LogP contribution in [-0.4, -0.2) is 28.8 Å². The molecule has 5 heteroatoms. The number of nitrogens with one attached hydrogen (secondary N) is 1. The van der Waals surface area contributed by atoms with Crippen molar-refractivity contribution in [2.75, 3.05) is 0 Å². The second-order valence-electron chi connectivity index (χ2n) is 4.65. The molecule has 20 heavy (non-hydrogen) atoms. The maximum absolute atomic E-state index is 12.2. The van der Waals surface area contributed by atoms with Gasteiger partial charge in [-0.05, 0) is 6.42 Å². The van der Waals surface area contributed by atoms with Crippen molar-refractivity contribution in [2.45, 2.75) is 32.7 Å². The summed E-state index contributed by atoms with van der Waals surface area (Å²) in [6.45, 7) is 3.34. The van der Waals surface area contributed by atoms with Gasteiger partial charge in [-0.1, -0.05) is 44.2 Å². The average Bonchev–Trinajstić information content (AvgIpc) is 2.44. The molecule has 1 rings (SSSR count). The molecule has 0 aliphatic carbocycles. The lowest BCUT2D eigenvalue weighted by atomic mass is 9.92. The molecule has 2 atom stereocenters. The van der Waals surface area contributed by atoms with Gasteiger partial charge in [0.05, 0.1) is 5.92 Å². The summed E-state index contributed by atoms with van der Waals surface area (Å²) in [6, 6.07) is 7.26. The van der Waals surface area contributed by atoms with Crippen molar-refractivity contribution in [3.63, 3.8) is 0 Å². The first-order chi connectivity index (χ1) is 9.47.